The Morgan fingerprint density at radius 3 is 2.42 bits per heavy atom. The van der Waals surface area contributed by atoms with Crippen LogP contribution in [0.1, 0.15) is 43.2 Å². The molecule has 36 heavy (non-hydrogen) atoms. The maximum atomic E-state index is 13.3. The molecule has 3 atom stereocenters. The van der Waals surface area contributed by atoms with Crippen LogP contribution >= 0.6 is 0 Å². The van der Waals surface area contributed by atoms with E-state index >= 15 is 0 Å². The maximum Gasteiger partial charge on any atom is 0.305 e. The Morgan fingerprint density at radius 2 is 1.72 bits per heavy atom. The number of carbonyl (C=O) groups is 3. The first-order valence-corrected chi connectivity index (χ1v) is 12.6. The number of aliphatic hydroxyl groups is 1. The van der Waals surface area contributed by atoms with Gasteiger partial charge in [0.25, 0.3) is 0 Å². The minimum absolute atomic E-state index is 0.000687. The van der Waals surface area contributed by atoms with Gasteiger partial charge >= 0.3 is 5.97 Å². The summed E-state index contributed by atoms with van der Waals surface area (Å²) in [5.74, 6) is -1.39. The quantitative estimate of drug-likeness (QED) is 0.388. The third-order valence-corrected chi connectivity index (χ3v) is 6.17. The topological polar surface area (TPSA) is 105 Å². The third kappa shape index (κ3) is 9.66. The van der Waals surface area contributed by atoms with Crippen LogP contribution < -0.4 is 10.6 Å². The number of benzene rings is 2. The fourth-order valence-electron chi connectivity index (χ4n) is 4.23. The number of hydrogen-bond donors (Lipinski definition) is 3. The van der Waals surface area contributed by atoms with E-state index in [4.69, 9.17) is 4.74 Å². The summed E-state index contributed by atoms with van der Waals surface area (Å²) in [4.78, 5) is 38.2. The van der Waals surface area contributed by atoms with Crippen molar-refractivity contribution in [2.45, 2.75) is 57.0 Å². The number of aliphatic hydroxyl groups excluding tert-OH is 1. The molecule has 0 unspecified atom stereocenters. The lowest BCUT2D eigenvalue weighted by atomic mass is 9.97. The standard InChI is InChI=1S/C29H36N2O5/c32-20-25(17-22-11-5-3-6-12-22)30-27(33)19-24-15-9-1-2-10-16-28(34)36-21-26(31-29(24)35)18-23-13-7-4-8-14-23/h1,3-9,11-14,24-26,32H,2,10,15-21H2,(H,30,33)(H,31,35)/t24-,25+,26-/m1/s1. The molecule has 1 aliphatic rings. The summed E-state index contributed by atoms with van der Waals surface area (Å²) in [6, 6.07) is 18.5. The highest BCUT2D eigenvalue weighted by atomic mass is 16.5. The number of nitrogens with one attached hydrogen (secondary N) is 2. The van der Waals surface area contributed by atoms with Crippen LogP contribution in [0.5, 0.6) is 0 Å². The Labute approximate surface area is 212 Å². The summed E-state index contributed by atoms with van der Waals surface area (Å²) >= 11 is 0. The summed E-state index contributed by atoms with van der Waals surface area (Å²) < 4.78 is 5.44. The summed E-state index contributed by atoms with van der Waals surface area (Å²) in [5, 5.41) is 15.7. The minimum atomic E-state index is -0.577. The van der Waals surface area contributed by atoms with E-state index in [0.717, 1.165) is 11.1 Å². The molecule has 7 heteroatoms. The van der Waals surface area contributed by atoms with Gasteiger partial charge in [0, 0.05) is 12.8 Å². The Bertz CT molecular complexity index is 993. The summed E-state index contributed by atoms with van der Waals surface area (Å²) in [5.41, 5.74) is 2.03. The van der Waals surface area contributed by atoms with Crippen molar-refractivity contribution in [2.75, 3.05) is 13.2 Å². The summed E-state index contributed by atoms with van der Waals surface area (Å²) in [6.07, 6.45) is 6.97. The van der Waals surface area contributed by atoms with Crippen molar-refractivity contribution in [3.05, 3.63) is 83.9 Å². The van der Waals surface area contributed by atoms with Crippen molar-refractivity contribution < 1.29 is 24.2 Å². The number of esters is 1. The van der Waals surface area contributed by atoms with Crippen LogP contribution in [0, 0.1) is 5.92 Å². The molecular weight excluding hydrogens is 456 g/mol. The van der Waals surface area contributed by atoms with Gasteiger partial charge in [-0.2, -0.15) is 0 Å². The van der Waals surface area contributed by atoms with Crippen LogP contribution in [0.25, 0.3) is 0 Å². The predicted octanol–water partition coefficient (Wildman–Crippen LogP) is 3.11. The Balaban J connectivity index is 1.67. The summed E-state index contributed by atoms with van der Waals surface area (Å²) in [6.45, 7) is -0.114. The highest BCUT2D eigenvalue weighted by molar-refractivity contribution is 5.86. The lowest BCUT2D eigenvalue weighted by Gasteiger charge is -2.23. The van der Waals surface area contributed by atoms with E-state index in [0.29, 0.717) is 38.5 Å². The first-order valence-electron chi connectivity index (χ1n) is 12.6. The monoisotopic (exact) mass is 492 g/mol. The molecule has 0 saturated carbocycles. The van der Waals surface area contributed by atoms with Crippen LogP contribution in [0.4, 0.5) is 0 Å². The molecule has 0 radical (unpaired) electrons. The fraction of sp³-hybridized carbons (Fsp3) is 0.414. The van der Waals surface area contributed by atoms with E-state index in [1.165, 1.54) is 0 Å². The second-order valence-corrected chi connectivity index (χ2v) is 9.22. The van der Waals surface area contributed by atoms with Gasteiger partial charge in [0.1, 0.15) is 6.61 Å². The second-order valence-electron chi connectivity index (χ2n) is 9.22. The Hall–Kier alpha value is -3.45. The molecular formula is C29H36N2O5. The van der Waals surface area contributed by atoms with Crippen molar-refractivity contribution in [1.82, 2.24) is 10.6 Å². The zero-order valence-electron chi connectivity index (χ0n) is 20.6. The molecule has 2 aromatic carbocycles. The van der Waals surface area contributed by atoms with Crippen molar-refractivity contribution in [3.63, 3.8) is 0 Å². The number of hydrogen-bond acceptors (Lipinski definition) is 5. The van der Waals surface area contributed by atoms with Gasteiger partial charge in [0.15, 0.2) is 0 Å². The summed E-state index contributed by atoms with van der Waals surface area (Å²) in [7, 11) is 0. The number of ether oxygens (including phenoxy) is 1. The minimum Gasteiger partial charge on any atom is -0.463 e. The van der Waals surface area contributed by atoms with E-state index < -0.39 is 18.0 Å². The Morgan fingerprint density at radius 1 is 1.03 bits per heavy atom. The number of allylic oxidation sites excluding steroid dienone is 2. The molecule has 0 bridgehead atoms. The van der Waals surface area contributed by atoms with Crippen molar-refractivity contribution >= 4 is 17.8 Å². The molecule has 3 N–H and O–H groups in total. The van der Waals surface area contributed by atoms with Crippen molar-refractivity contribution in [3.8, 4) is 0 Å². The molecule has 1 aliphatic heterocycles. The lowest BCUT2D eigenvalue weighted by molar-refractivity contribution is -0.145. The van der Waals surface area contributed by atoms with Crippen LogP contribution in [-0.2, 0) is 32.0 Å². The van der Waals surface area contributed by atoms with Gasteiger partial charge in [-0.3, -0.25) is 14.4 Å². The molecule has 0 saturated heterocycles. The number of carbonyl (C=O) groups excluding carboxylic acids is 3. The number of cyclic esters (lactones) is 1. The predicted molar refractivity (Wildman–Crippen MR) is 138 cm³/mol. The molecule has 3 rings (SSSR count). The van der Waals surface area contributed by atoms with Gasteiger partial charge in [-0.05, 0) is 43.2 Å². The average molecular weight is 493 g/mol. The first-order chi connectivity index (χ1) is 17.5. The largest absolute Gasteiger partial charge is 0.463 e. The van der Waals surface area contributed by atoms with E-state index in [9.17, 15) is 19.5 Å². The molecule has 0 spiro atoms. The van der Waals surface area contributed by atoms with Gasteiger partial charge in [-0.1, -0.05) is 72.8 Å². The van der Waals surface area contributed by atoms with Crippen LogP contribution in [0.15, 0.2) is 72.8 Å². The SMILES string of the molecule is O=C(C[C@H]1CC=CCCCC(=O)OC[C@@H](Cc2ccccc2)NC1=O)N[C@H](CO)Cc1ccccc1. The van der Waals surface area contributed by atoms with Gasteiger partial charge in [-0.15, -0.1) is 0 Å². The molecule has 0 aliphatic carbocycles. The fourth-order valence-corrected chi connectivity index (χ4v) is 4.23. The zero-order chi connectivity index (χ0) is 25.6. The van der Waals surface area contributed by atoms with Crippen LogP contribution in [-0.4, -0.2) is 48.2 Å². The van der Waals surface area contributed by atoms with E-state index in [1.54, 1.807) is 0 Å². The van der Waals surface area contributed by atoms with Gasteiger partial charge in [0.2, 0.25) is 11.8 Å². The molecule has 7 nitrogen and oxygen atoms in total. The van der Waals surface area contributed by atoms with Gasteiger partial charge < -0.3 is 20.5 Å². The molecule has 0 fully saturated rings. The lowest BCUT2D eigenvalue weighted by Crippen LogP contribution is -2.45. The van der Waals surface area contributed by atoms with E-state index in [2.05, 4.69) is 10.6 Å². The third-order valence-electron chi connectivity index (χ3n) is 6.17. The van der Waals surface area contributed by atoms with Gasteiger partial charge in [0.05, 0.1) is 24.6 Å². The normalized spacial score (nSPS) is 20.1. The number of rotatable bonds is 8. The van der Waals surface area contributed by atoms with Crippen LogP contribution in [0.2, 0.25) is 0 Å². The second kappa shape index (κ2) is 14.8. The molecule has 0 aromatic heterocycles. The Kier molecular flexibility index (Phi) is 11.2. The van der Waals surface area contributed by atoms with Crippen molar-refractivity contribution in [1.29, 1.82) is 0 Å². The van der Waals surface area contributed by atoms with Gasteiger partial charge in [-0.25, -0.2) is 0 Å². The average Bonchev–Trinajstić information content (AvgIpc) is 2.89. The smallest absolute Gasteiger partial charge is 0.305 e. The highest BCUT2D eigenvalue weighted by Gasteiger charge is 2.25. The molecule has 2 amide bonds. The van der Waals surface area contributed by atoms with E-state index in [1.807, 2.05) is 72.8 Å². The first kappa shape index (κ1) is 27.1. The van der Waals surface area contributed by atoms with Crippen molar-refractivity contribution in [2.24, 2.45) is 5.92 Å². The molecule has 1 heterocycles. The highest BCUT2D eigenvalue weighted by Crippen LogP contribution is 2.15. The molecule has 192 valence electrons. The van der Waals surface area contributed by atoms with E-state index in [-0.39, 0.29) is 37.4 Å². The number of amides is 2. The van der Waals surface area contributed by atoms with Crippen LogP contribution in [0.3, 0.4) is 0 Å². The zero-order valence-corrected chi connectivity index (χ0v) is 20.6. The maximum absolute atomic E-state index is 13.3. The molecule has 2 aromatic rings.